The summed E-state index contributed by atoms with van der Waals surface area (Å²) in [4.78, 5) is 11.7. The quantitative estimate of drug-likeness (QED) is 0.832. The van der Waals surface area contributed by atoms with Crippen LogP contribution >= 0.6 is 0 Å². The molecule has 0 unspecified atom stereocenters. The second kappa shape index (κ2) is 4.40. The highest BCUT2D eigenvalue weighted by atomic mass is 16.3. The normalized spacial score (nSPS) is 10.4. The van der Waals surface area contributed by atoms with Gasteiger partial charge < -0.3 is 9.67 Å². The molecule has 0 saturated heterocycles. The third-order valence-corrected chi connectivity index (χ3v) is 2.84. The van der Waals surface area contributed by atoms with Crippen molar-refractivity contribution >= 4 is 10.9 Å². The van der Waals surface area contributed by atoms with Crippen LogP contribution in [0.1, 0.15) is 11.1 Å². The van der Waals surface area contributed by atoms with Crippen molar-refractivity contribution < 1.29 is 5.11 Å². The lowest BCUT2D eigenvalue weighted by molar-refractivity contribution is 0.300. The summed E-state index contributed by atoms with van der Waals surface area (Å²) in [7, 11) is 1.69. The second-order valence-corrected chi connectivity index (χ2v) is 3.88. The number of nitrogens with zero attached hydrogens (tertiary/aromatic N) is 2. The number of nitriles is 1. The molecule has 0 saturated carbocycles. The SMILES string of the molecule is Cn1c(=O)cc(CCO)c2cc(C#N)ccc21. The zero-order valence-corrected chi connectivity index (χ0v) is 9.47. The molecule has 2 aromatic rings. The summed E-state index contributed by atoms with van der Waals surface area (Å²) in [6, 6.07) is 8.78. The van der Waals surface area contributed by atoms with Crippen LogP contribution in [0, 0.1) is 11.3 Å². The van der Waals surface area contributed by atoms with Crippen LogP contribution in [0.15, 0.2) is 29.1 Å². The molecule has 0 aliphatic rings. The van der Waals surface area contributed by atoms with E-state index in [0.29, 0.717) is 12.0 Å². The first-order chi connectivity index (χ1) is 8.17. The number of hydrogen-bond donors (Lipinski definition) is 1. The maximum atomic E-state index is 11.7. The zero-order valence-electron chi connectivity index (χ0n) is 9.47. The Hall–Kier alpha value is -2.12. The zero-order chi connectivity index (χ0) is 12.4. The average Bonchev–Trinajstić information content (AvgIpc) is 2.35. The van der Waals surface area contributed by atoms with Gasteiger partial charge in [0.2, 0.25) is 0 Å². The molecule has 0 spiro atoms. The van der Waals surface area contributed by atoms with Crippen LogP contribution in [-0.4, -0.2) is 16.3 Å². The van der Waals surface area contributed by atoms with Crippen LogP contribution in [0.5, 0.6) is 0 Å². The summed E-state index contributed by atoms with van der Waals surface area (Å²) in [5.41, 5.74) is 2.00. The van der Waals surface area contributed by atoms with Gasteiger partial charge in [-0.15, -0.1) is 0 Å². The van der Waals surface area contributed by atoms with Gasteiger partial charge in [-0.1, -0.05) is 0 Å². The molecule has 1 aromatic heterocycles. The molecule has 0 atom stereocenters. The van der Waals surface area contributed by atoms with Crippen molar-refractivity contribution in [1.29, 1.82) is 5.26 Å². The maximum absolute atomic E-state index is 11.7. The maximum Gasteiger partial charge on any atom is 0.251 e. The highest BCUT2D eigenvalue weighted by molar-refractivity contribution is 5.84. The Morgan fingerprint density at radius 1 is 1.41 bits per heavy atom. The van der Waals surface area contributed by atoms with Gasteiger partial charge in [-0.2, -0.15) is 5.26 Å². The minimum absolute atomic E-state index is 0.0148. The van der Waals surface area contributed by atoms with E-state index in [1.807, 2.05) is 0 Å². The minimum Gasteiger partial charge on any atom is -0.396 e. The lowest BCUT2D eigenvalue weighted by Gasteiger charge is -2.09. The molecular weight excluding hydrogens is 216 g/mol. The van der Waals surface area contributed by atoms with Gasteiger partial charge in [0.1, 0.15) is 0 Å². The van der Waals surface area contributed by atoms with Crippen LogP contribution in [0.25, 0.3) is 10.9 Å². The van der Waals surface area contributed by atoms with Crippen molar-refractivity contribution in [3.8, 4) is 6.07 Å². The van der Waals surface area contributed by atoms with E-state index in [9.17, 15) is 4.79 Å². The summed E-state index contributed by atoms with van der Waals surface area (Å²) in [5.74, 6) is 0. The van der Waals surface area contributed by atoms with Crippen LogP contribution in [-0.2, 0) is 13.5 Å². The number of pyridine rings is 1. The van der Waals surface area contributed by atoms with Crippen LogP contribution < -0.4 is 5.56 Å². The van der Waals surface area contributed by atoms with Crippen molar-refractivity contribution in [2.24, 2.45) is 7.05 Å². The largest absolute Gasteiger partial charge is 0.396 e. The molecule has 1 N–H and O–H groups in total. The molecule has 0 radical (unpaired) electrons. The summed E-state index contributed by atoms with van der Waals surface area (Å²) in [5, 5.41) is 18.7. The number of benzene rings is 1. The molecule has 17 heavy (non-hydrogen) atoms. The lowest BCUT2D eigenvalue weighted by atomic mass is 10.0. The van der Waals surface area contributed by atoms with Gasteiger partial charge >= 0.3 is 0 Å². The van der Waals surface area contributed by atoms with Gasteiger partial charge in [-0.05, 0) is 30.2 Å². The summed E-state index contributed by atoms with van der Waals surface area (Å²) < 4.78 is 1.54. The molecule has 0 amide bonds. The molecule has 1 aromatic carbocycles. The fraction of sp³-hybridized carbons (Fsp3) is 0.231. The molecule has 0 bridgehead atoms. The van der Waals surface area contributed by atoms with E-state index >= 15 is 0 Å². The highest BCUT2D eigenvalue weighted by Gasteiger charge is 2.07. The van der Waals surface area contributed by atoms with Crippen LogP contribution in [0.3, 0.4) is 0 Å². The number of aryl methyl sites for hydroxylation is 1. The second-order valence-electron chi connectivity index (χ2n) is 3.88. The van der Waals surface area contributed by atoms with Gasteiger partial charge in [0.25, 0.3) is 5.56 Å². The molecule has 0 aliphatic carbocycles. The number of aromatic nitrogens is 1. The summed E-state index contributed by atoms with van der Waals surface area (Å²) in [6.45, 7) is -0.0148. The standard InChI is InChI=1S/C13H12N2O2/c1-15-12-3-2-9(8-14)6-11(12)10(4-5-16)7-13(15)17/h2-3,6-7,16H,4-5H2,1H3. The monoisotopic (exact) mass is 228 g/mol. The van der Waals surface area contributed by atoms with Crippen molar-refractivity contribution in [1.82, 2.24) is 4.57 Å². The first-order valence-electron chi connectivity index (χ1n) is 5.31. The Morgan fingerprint density at radius 2 is 2.18 bits per heavy atom. The van der Waals surface area contributed by atoms with Crippen LogP contribution in [0.4, 0.5) is 0 Å². The minimum atomic E-state index is -0.106. The van der Waals surface area contributed by atoms with E-state index in [2.05, 4.69) is 6.07 Å². The van der Waals surface area contributed by atoms with Gasteiger partial charge in [0.05, 0.1) is 17.1 Å². The predicted molar refractivity (Wildman–Crippen MR) is 64.7 cm³/mol. The average molecular weight is 228 g/mol. The Kier molecular flexibility index (Phi) is 2.94. The van der Waals surface area contributed by atoms with Crippen LogP contribution in [0.2, 0.25) is 0 Å². The van der Waals surface area contributed by atoms with Crippen molar-refractivity contribution in [3.63, 3.8) is 0 Å². The molecule has 86 valence electrons. The number of aliphatic hydroxyl groups excluding tert-OH is 1. The molecular formula is C13H12N2O2. The Balaban J connectivity index is 2.85. The molecule has 1 heterocycles. The summed E-state index contributed by atoms with van der Waals surface area (Å²) in [6.07, 6.45) is 0.418. The molecule has 0 aliphatic heterocycles. The van der Waals surface area contributed by atoms with E-state index in [1.54, 1.807) is 25.2 Å². The highest BCUT2D eigenvalue weighted by Crippen LogP contribution is 2.18. The Bertz CT molecular complexity index is 665. The number of fused-ring (bicyclic) bond motifs is 1. The Morgan fingerprint density at radius 3 is 2.82 bits per heavy atom. The Labute approximate surface area is 98.4 Å². The first-order valence-corrected chi connectivity index (χ1v) is 5.31. The summed E-state index contributed by atoms with van der Waals surface area (Å²) >= 11 is 0. The molecule has 4 nitrogen and oxygen atoms in total. The van der Waals surface area contributed by atoms with Crippen molar-refractivity contribution in [3.05, 3.63) is 45.7 Å². The van der Waals surface area contributed by atoms with E-state index in [-0.39, 0.29) is 12.2 Å². The molecule has 0 fully saturated rings. The smallest absolute Gasteiger partial charge is 0.251 e. The van der Waals surface area contributed by atoms with Gasteiger partial charge in [0.15, 0.2) is 0 Å². The number of rotatable bonds is 2. The number of hydrogen-bond acceptors (Lipinski definition) is 3. The first kappa shape index (κ1) is 11.4. The van der Waals surface area contributed by atoms with E-state index < -0.39 is 0 Å². The van der Waals surface area contributed by atoms with Gasteiger partial charge in [-0.25, -0.2) is 0 Å². The van der Waals surface area contributed by atoms with Crippen molar-refractivity contribution in [2.45, 2.75) is 6.42 Å². The molecule has 4 heteroatoms. The third kappa shape index (κ3) is 1.93. The predicted octanol–water partition coefficient (Wildman–Crippen LogP) is 0.945. The van der Waals surface area contributed by atoms with Gasteiger partial charge in [0, 0.05) is 25.1 Å². The van der Waals surface area contributed by atoms with E-state index in [0.717, 1.165) is 16.5 Å². The number of aliphatic hydroxyl groups is 1. The fourth-order valence-corrected chi connectivity index (χ4v) is 1.92. The fourth-order valence-electron chi connectivity index (χ4n) is 1.92. The van der Waals surface area contributed by atoms with Crippen molar-refractivity contribution in [2.75, 3.05) is 6.61 Å². The lowest BCUT2D eigenvalue weighted by Crippen LogP contribution is -2.17. The van der Waals surface area contributed by atoms with E-state index in [4.69, 9.17) is 10.4 Å². The molecule has 2 rings (SSSR count). The van der Waals surface area contributed by atoms with Gasteiger partial charge in [-0.3, -0.25) is 4.79 Å². The third-order valence-electron chi connectivity index (χ3n) is 2.84. The van der Waals surface area contributed by atoms with E-state index in [1.165, 1.54) is 10.6 Å². The topological polar surface area (TPSA) is 66.0 Å².